The smallest absolute Gasteiger partial charge is 0.416 e. The van der Waals surface area contributed by atoms with Crippen LogP contribution in [0.1, 0.15) is 11.1 Å². The topological polar surface area (TPSA) is 55.6 Å². The lowest BCUT2D eigenvalue weighted by atomic mass is 10.1. The van der Waals surface area contributed by atoms with Crippen LogP contribution in [0.4, 0.5) is 24.5 Å². The van der Waals surface area contributed by atoms with Crippen LogP contribution in [0.5, 0.6) is 5.75 Å². The zero-order valence-corrected chi connectivity index (χ0v) is 11.9. The lowest BCUT2D eigenvalue weighted by Gasteiger charge is -2.29. The van der Waals surface area contributed by atoms with Gasteiger partial charge in [-0.1, -0.05) is 12.1 Å². The second-order valence-corrected chi connectivity index (χ2v) is 5.19. The SMILES string of the molecule is Nc1ccc2c(c1)OCC(=O)N2Cc1cccc(C(F)(F)F)c1. The summed E-state index contributed by atoms with van der Waals surface area (Å²) in [5, 5.41) is 0. The van der Waals surface area contributed by atoms with Crippen LogP contribution in [-0.4, -0.2) is 12.5 Å². The molecule has 0 bridgehead atoms. The summed E-state index contributed by atoms with van der Waals surface area (Å²) in [6.45, 7) is -0.140. The Labute approximate surface area is 130 Å². The molecule has 0 aliphatic carbocycles. The predicted octanol–water partition coefficient (Wildman–Crippen LogP) is 3.21. The summed E-state index contributed by atoms with van der Waals surface area (Å²) >= 11 is 0. The second-order valence-electron chi connectivity index (χ2n) is 5.19. The summed E-state index contributed by atoms with van der Waals surface area (Å²) in [7, 11) is 0. The first-order valence-electron chi connectivity index (χ1n) is 6.83. The molecule has 1 heterocycles. The molecule has 2 N–H and O–H groups in total. The molecule has 0 saturated carbocycles. The van der Waals surface area contributed by atoms with Crippen molar-refractivity contribution in [2.75, 3.05) is 17.2 Å². The number of fused-ring (bicyclic) bond motifs is 1. The summed E-state index contributed by atoms with van der Waals surface area (Å²) in [5.41, 5.74) is 6.30. The lowest BCUT2D eigenvalue weighted by molar-refractivity contribution is -0.137. The highest BCUT2D eigenvalue weighted by Crippen LogP contribution is 2.35. The van der Waals surface area contributed by atoms with Gasteiger partial charge in [-0.15, -0.1) is 0 Å². The third kappa shape index (κ3) is 3.08. The number of benzene rings is 2. The molecule has 2 aromatic carbocycles. The minimum Gasteiger partial charge on any atom is -0.481 e. The molecule has 0 fully saturated rings. The molecule has 0 atom stereocenters. The van der Waals surface area contributed by atoms with Gasteiger partial charge in [0.1, 0.15) is 5.75 Å². The molecular formula is C16H13F3N2O2. The van der Waals surface area contributed by atoms with Crippen molar-refractivity contribution in [2.24, 2.45) is 0 Å². The van der Waals surface area contributed by atoms with Crippen LogP contribution < -0.4 is 15.4 Å². The van der Waals surface area contributed by atoms with E-state index in [2.05, 4.69) is 0 Å². The quantitative estimate of drug-likeness (QED) is 0.864. The third-order valence-electron chi connectivity index (χ3n) is 3.52. The number of nitrogens with two attached hydrogens (primary N) is 1. The Bertz CT molecular complexity index is 759. The van der Waals surface area contributed by atoms with E-state index in [9.17, 15) is 18.0 Å². The number of hydrogen-bond donors (Lipinski definition) is 1. The van der Waals surface area contributed by atoms with E-state index < -0.39 is 11.7 Å². The summed E-state index contributed by atoms with van der Waals surface area (Å²) < 4.78 is 43.7. The van der Waals surface area contributed by atoms with Crippen LogP contribution >= 0.6 is 0 Å². The van der Waals surface area contributed by atoms with E-state index in [1.807, 2.05) is 0 Å². The first-order chi connectivity index (χ1) is 10.8. The van der Waals surface area contributed by atoms with Gasteiger partial charge >= 0.3 is 6.18 Å². The third-order valence-corrected chi connectivity index (χ3v) is 3.52. The monoisotopic (exact) mass is 322 g/mol. The van der Waals surface area contributed by atoms with Crippen LogP contribution in [-0.2, 0) is 17.5 Å². The van der Waals surface area contributed by atoms with Crippen molar-refractivity contribution < 1.29 is 22.7 Å². The summed E-state index contributed by atoms with van der Waals surface area (Å²) in [4.78, 5) is 13.5. The van der Waals surface area contributed by atoms with E-state index in [1.54, 1.807) is 24.3 Å². The first kappa shape index (κ1) is 15.2. The van der Waals surface area contributed by atoms with E-state index >= 15 is 0 Å². The van der Waals surface area contributed by atoms with Crippen molar-refractivity contribution in [3.05, 3.63) is 53.6 Å². The number of ether oxygens (including phenoxy) is 1. The van der Waals surface area contributed by atoms with E-state index in [0.717, 1.165) is 12.1 Å². The van der Waals surface area contributed by atoms with Gasteiger partial charge < -0.3 is 15.4 Å². The minimum absolute atomic E-state index is 0.0308. The zero-order valence-electron chi connectivity index (χ0n) is 11.9. The summed E-state index contributed by atoms with van der Waals surface area (Å²) in [5.74, 6) is 0.122. The highest BCUT2D eigenvalue weighted by molar-refractivity contribution is 5.98. The Kier molecular flexibility index (Phi) is 3.63. The van der Waals surface area contributed by atoms with Gasteiger partial charge in [0.2, 0.25) is 0 Å². The summed E-state index contributed by atoms with van der Waals surface area (Å²) in [6, 6.07) is 9.73. The van der Waals surface area contributed by atoms with Crippen molar-refractivity contribution in [2.45, 2.75) is 12.7 Å². The van der Waals surface area contributed by atoms with Crippen LogP contribution in [0.25, 0.3) is 0 Å². The molecule has 0 spiro atoms. The molecule has 0 unspecified atom stereocenters. The molecule has 1 amide bonds. The fraction of sp³-hybridized carbons (Fsp3) is 0.188. The molecule has 3 rings (SSSR count). The number of amides is 1. The van der Waals surface area contributed by atoms with Gasteiger partial charge in [-0.25, -0.2) is 0 Å². The Balaban J connectivity index is 1.93. The zero-order chi connectivity index (χ0) is 16.6. The molecule has 23 heavy (non-hydrogen) atoms. The molecule has 0 saturated heterocycles. The molecule has 7 heteroatoms. The number of halogens is 3. The Morgan fingerprint density at radius 3 is 2.70 bits per heavy atom. The number of anilines is 2. The maximum atomic E-state index is 12.8. The molecule has 1 aliphatic rings. The molecule has 0 aromatic heterocycles. The number of alkyl halides is 3. The second kappa shape index (κ2) is 5.49. The first-order valence-corrected chi connectivity index (χ1v) is 6.83. The van der Waals surface area contributed by atoms with Gasteiger partial charge in [-0.3, -0.25) is 4.79 Å². The highest BCUT2D eigenvalue weighted by Gasteiger charge is 2.31. The Hall–Kier alpha value is -2.70. The van der Waals surface area contributed by atoms with E-state index in [0.29, 0.717) is 22.7 Å². The predicted molar refractivity (Wildman–Crippen MR) is 79.0 cm³/mol. The number of hydrogen-bond acceptors (Lipinski definition) is 3. The van der Waals surface area contributed by atoms with Crippen LogP contribution in [0.2, 0.25) is 0 Å². The van der Waals surface area contributed by atoms with Gasteiger partial charge in [0.15, 0.2) is 6.61 Å². The lowest BCUT2D eigenvalue weighted by Crippen LogP contribution is -2.38. The van der Waals surface area contributed by atoms with Crippen molar-refractivity contribution in [1.29, 1.82) is 0 Å². The minimum atomic E-state index is -4.42. The van der Waals surface area contributed by atoms with Gasteiger partial charge in [0, 0.05) is 11.8 Å². The number of rotatable bonds is 2. The van der Waals surface area contributed by atoms with Crippen molar-refractivity contribution in [3.8, 4) is 5.75 Å². The molecule has 2 aromatic rings. The molecule has 1 aliphatic heterocycles. The fourth-order valence-corrected chi connectivity index (χ4v) is 2.42. The summed E-state index contributed by atoms with van der Waals surface area (Å²) in [6.07, 6.45) is -4.42. The molecule has 4 nitrogen and oxygen atoms in total. The van der Waals surface area contributed by atoms with E-state index in [-0.39, 0.29) is 19.1 Å². The van der Waals surface area contributed by atoms with Gasteiger partial charge in [0.05, 0.1) is 17.8 Å². The van der Waals surface area contributed by atoms with Crippen LogP contribution in [0, 0.1) is 0 Å². The van der Waals surface area contributed by atoms with Gasteiger partial charge in [-0.2, -0.15) is 13.2 Å². The van der Waals surface area contributed by atoms with Gasteiger partial charge in [-0.05, 0) is 29.8 Å². The highest BCUT2D eigenvalue weighted by atomic mass is 19.4. The normalized spacial score (nSPS) is 14.4. The number of carbonyl (C=O) groups excluding carboxylic acids is 1. The number of nitrogens with zero attached hydrogens (tertiary/aromatic N) is 1. The van der Waals surface area contributed by atoms with Crippen LogP contribution in [0.3, 0.4) is 0 Å². The number of carbonyl (C=O) groups is 1. The molecule has 0 radical (unpaired) electrons. The molecule has 120 valence electrons. The maximum absolute atomic E-state index is 12.8. The van der Waals surface area contributed by atoms with Gasteiger partial charge in [0.25, 0.3) is 5.91 Å². The van der Waals surface area contributed by atoms with Crippen LogP contribution in [0.15, 0.2) is 42.5 Å². The van der Waals surface area contributed by atoms with E-state index in [4.69, 9.17) is 10.5 Å². The average molecular weight is 322 g/mol. The largest absolute Gasteiger partial charge is 0.481 e. The Morgan fingerprint density at radius 1 is 1.17 bits per heavy atom. The maximum Gasteiger partial charge on any atom is 0.416 e. The van der Waals surface area contributed by atoms with Crippen molar-refractivity contribution in [3.63, 3.8) is 0 Å². The standard InChI is InChI=1S/C16H13F3N2O2/c17-16(18,19)11-3-1-2-10(6-11)8-21-13-5-4-12(20)7-14(13)23-9-15(21)22/h1-7H,8-9,20H2. The Morgan fingerprint density at radius 2 is 1.96 bits per heavy atom. The van der Waals surface area contributed by atoms with Crippen molar-refractivity contribution in [1.82, 2.24) is 0 Å². The fourth-order valence-electron chi connectivity index (χ4n) is 2.42. The average Bonchev–Trinajstić information content (AvgIpc) is 2.49. The number of nitrogen functional groups attached to an aromatic ring is 1. The van der Waals surface area contributed by atoms with Crippen molar-refractivity contribution >= 4 is 17.3 Å². The molecular weight excluding hydrogens is 309 g/mol. The van der Waals surface area contributed by atoms with E-state index in [1.165, 1.54) is 11.0 Å².